The molecule has 0 atom stereocenters. The second kappa shape index (κ2) is 6.83. The zero-order valence-corrected chi connectivity index (χ0v) is 11.6. The number of anilines is 2. The first-order valence-electron chi connectivity index (χ1n) is 6.84. The average molecular weight is 255 g/mol. The first-order chi connectivity index (χ1) is 9.28. The van der Waals surface area contributed by atoms with Crippen LogP contribution in [-0.4, -0.2) is 6.61 Å². The lowest BCUT2D eigenvalue weighted by atomic mass is 10.2. The molecular formula is C17H21NO. The molecule has 100 valence electrons. The van der Waals surface area contributed by atoms with Crippen molar-refractivity contribution in [1.29, 1.82) is 0 Å². The van der Waals surface area contributed by atoms with Gasteiger partial charge in [0, 0.05) is 11.4 Å². The molecule has 0 saturated carbocycles. The third-order valence-electron chi connectivity index (χ3n) is 2.96. The zero-order chi connectivity index (χ0) is 13.5. The first-order valence-corrected chi connectivity index (χ1v) is 6.84. The fraction of sp³-hybridized carbons (Fsp3) is 0.294. The maximum atomic E-state index is 5.64. The van der Waals surface area contributed by atoms with Gasteiger partial charge in [-0.15, -0.1) is 0 Å². The molecule has 0 saturated heterocycles. The van der Waals surface area contributed by atoms with E-state index >= 15 is 0 Å². The van der Waals surface area contributed by atoms with E-state index in [4.69, 9.17) is 4.74 Å². The van der Waals surface area contributed by atoms with Crippen LogP contribution in [0.3, 0.4) is 0 Å². The average Bonchev–Trinajstić information content (AvgIpc) is 2.44. The van der Waals surface area contributed by atoms with E-state index in [0.717, 1.165) is 36.6 Å². The summed E-state index contributed by atoms with van der Waals surface area (Å²) in [4.78, 5) is 0. The van der Waals surface area contributed by atoms with Crippen molar-refractivity contribution in [3.05, 3.63) is 54.1 Å². The Kier molecular flexibility index (Phi) is 4.85. The Morgan fingerprint density at radius 2 is 1.47 bits per heavy atom. The van der Waals surface area contributed by atoms with Crippen molar-refractivity contribution < 1.29 is 4.74 Å². The summed E-state index contributed by atoms with van der Waals surface area (Å²) in [6.45, 7) is 5.05. The Morgan fingerprint density at radius 1 is 0.895 bits per heavy atom. The first kappa shape index (κ1) is 13.5. The highest BCUT2D eigenvalue weighted by molar-refractivity contribution is 5.60. The lowest BCUT2D eigenvalue weighted by molar-refractivity contribution is 0.309. The highest BCUT2D eigenvalue weighted by Crippen LogP contribution is 2.20. The molecule has 0 aromatic heterocycles. The quantitative estimate of drug-likeness (QED) is 0.740. The van der Waals surface area contributed by atoms with Gasteiger partial charge in [0.15, 0.2) is 0 Å². The second-order valence-electron chi connectivity index (χ2n) is 4.72. The summed E-state index contributed by atoms with van der Waals surface area (Å²) in [7, 11) is 0. The largest absolute Gasteiger partial charge is 0.494 e. The summed E-state index contributed by atoms with van der Waals surface area (Å²) in [6.07, 6.45) is 2.26. The van der Waals surface area contributed by atoms with Crippen LogP contribution in [-0.2, 0) is 0 Å². The number of ether oxygens (including phenoxy) is 1. The van der Waals surface area contributed by atoms with Gasteiger partial charge in [0.25, 0.3) is 0 Å². The van der Waals surface area contributed by atoms with Gasteiger partial charge in [-0.2, -0.15) is 0 Å². The number of unbranched alkanes of at least 4 members (excludes halogenated alkanes) is 1. The van der Waals surface area contributed by atoms with Crippen LogP contribution >= 0.6 is 0 Å². The molecule has 0 aliphatic carbocycles. The van der Waals surface area contributed by atoms with Gasteiger partial charge in [-0.1, -0.05) is 31.0 Å². The standard InChI is InChI=1S/C17H21NO/c1-3-4-13-19-17-11-9-16(10-12-17)18-15-7-5-14(2)6-8-15/h5-12,18H,3-4,13H2,1-2H3. The van der Waals surface area contributed by atoms with Gasteiger partial charge < -0.3 is 10.1 Å². The molecule has 2 nitrogen and oxygen atoms in total. The third kappa shape index (κ3) is 4.32. The summed E-state index contributed by atoms with van der Waals surface area (Å²) in [5.74, 6) is 0.933. The minimum atomic E-state index is 0.793. The molecule has 2 heteroatoms. The van der Waals surface area contributed by atoms with Crippen LogP contribution in [0.5, 0.6) is 5.75 Å². The van der Waals surface area contributed by atoms with Crippen molar-refractivity contribution in [2.24, 2.45) is 0 Å². The van der Waals surface area contributed by atoms with Crippen molar-refractivity contribution in [2.45, 2.75) is 26.7 Å². The number of rotatable bonds is 6. The lowest BCUT2D eigenvalue weighted by Crippen LogP contribution is -1.96. The van der Waals surface area contributed by atoms with Crippen LogP contribution in [0.25, 0.3) is 0 Å². The van der Waals surface area contributed by atoms with Gasteiger partial charge in [-0.3, -0.25) is 0 Å². The molecule has 1 N–H and O–H groups in total. The summed E-state index contributed by atoms with van der Waals surface area (Å²) >= 11 is 0. The van der Waals surface area contributed by atoms with Gasteiger partial charge in [0.1, 0.15) is 5.75 Å². The molecule has 0 fully saturated rings. The number of benzene rings is 2. The van der Waals surface area contributed by atoms with Crippen LogP contribution in [0.15, 0.2) is 48.5 Å². The van der Waals surface area contributed by atoms with E-state index < -0.39 is 0 Å². The minimum Gasteiger partial charge on any atom is -0.494 e. The van der Waals surface area contributed by atoms with Crippen LogP contribution in [0.4, 0.5) is 11.4 Å². The van der Waals surface area contributed by atoms with Gasteiger partial charge >= 0.3 is 0 Å². The monoisotopic (exact) mass is 255 g/mol. The van der Waals surface area contributed by atoms with Crippen molar-refractivity contribution in [3.8, 4) is 5.75 Å². The Morgan fingerprint density at radius 3 is 2.05 bits per heavy atom. The predicted molar refractivity (Wildman–Crippen MR) is 81.3 cm³/mol. The van der Waals surface area contributed by atoms with Crippen molar-refractivity contribution in [1.82, 2.24) is 0 Å². The van der Waals surface area contributed by atoms with E-state index in [9.17, 15) is 0 Å². The van der Waals surface area contributed by atoms with Gasteiger partial charge in [0.05, 0.1) is 6.61 Å². The number of nitrogens with one attached hydrogen (secondary N) is 1. The van der Waals surface area contributed by atoms with Crippen molar-refractivity contribution in [2.75, 3.05) is 11.9 Å². The van der Waals surface area contributed by atoms with Crippen LogP contribution in [0, 0.1) is 6.92 Å². The lowest BCUT2D eigenvalue weighted by Gasteiger charge is -2.09. The third-order valence-corrected chi connectivity index (χ3v) is 2.96. The molecule has 0 heterocycles. The summed E-state index contributed by atoms with van der Waals surface area (Å²) in [5.41, 5.74) is 3.45. The Balaban J connectivity index is 1.92. The molecule has 0 spiro atoms. The Labute approximate surface area is 115 Å². The molecule has 0 radical (unpaired) electrons. The number of hydrogen-bond acceptors (Lipinski definition) is 2. The zero-order valence-electron chi connectivity index (χ0n) is 11.6. The molecular weight excluding hydrogens is 234 g/mol. The summed E-state index contributed by atoms with van der Waals surface area (Å²) < 4.78 is 5.64. The topological polar surface area (TPSA) is 21.3 Å². The fourth-order valence-electron chi connectivity index (χ4n) is 1.77. The number of aryl methyl sites for hydroxylation is 1. The smallest absolute Gasteiger partial charge is 0.119 e. The highest BCUT2D eigenvalue weighted by Gasteiger charge is 1.96. The SMILES string of the molecule is CCCCOc1ccc(Nc2ccc(C)cc2)cc1. The van der Waals surface area contributed by atoms with Gasteiger partial charge in [-0.25, -0.2) is 0 Å². The van der Waals surface area contributed by atoms with Gasteiger partial charge in [0.2, 0.25) is 0 Å². The molecule has 2 rings (SSSR count). The summed E-state index contributed by atoms with van der Waals surface area (Å²) in [5, 5.41) is 3.37. The molecule has 2 aromatic rings. The van der Waals surface area contributed by atoms with E-state index in [-0.39, 0.29) is 0 Å². The number of hydrogen-bond donors (Lipinski definition) is 1. The molecule has 0 unspecified atom stereocenters. The molecule has 2 aromatic carbocycles. The molecule has 0 aliphatic rings. The predicted octanol–water partition coefficient (Wildman–Crippen LogP) is 4.92. The normalized spacial score (nSPS) is 10.2. The molecule has 0 amide bonds. The second-order valence-corrected chi connectivity index (χ2v) is 4.72. The molecule has 19 heavy (non-hydrogen) atoms. The fourth-order valence-corrected chi connectivity index (χ4v) is 1.77. The van der Waals surface area contributed by atoms with E-state index in [1.165, 1.54) is 5.56 Å². The van der Waals surface area contributed by atoms with E-state index in [1.807, 2.05) is 24.3 Å². The molecule has 0 aliphatic heterocycles. The Bertz CT molecular complexity index is 488. The van der Waals surface area contributed by atoms with Crippen molar-refractivity contribution >= 4 is 11.4 Å². The van der Waals surface area contributed by atoms with E-state index in [2.05, 4.69) is 43.4 Å². The maximum Gasteiger partial charge on any atom is 0.119 e. The van der Waals surface area contributed by atoms with Crippen molar-refractivity contribution in [3.63, 3.8) is 0 Å². The minimum absolute atomic E-state index is 0.793. The van der Waals surface area contributed by atoms with Crippen LogP contribution in [0.2, 0.25) is 0 Å². The van der Waals surface area contributed by atoms with Crippen LogP contribution < -0.4 is 10.1 Å². The van der Waals surface area contributed by atoms with E-state index in [1.54, 1.807) is 0 Å². The van der Waals surface area contributed by atoms with Crippen LogP contribution in [0.1, 0.15) is 25.3 Å². The Hall–Kier alpha value is -1.96. The molecule has 0 bridgehead atoms. The van der Waals surface area contributed by atoms with E-state index in [0.29, 0.717) is 0 Å². The van der Waals surface area contributed by atoms with Gasteiger partial charge in [-0.05, 0) is 49.7 Å². The maximum absolute atomic E-state index is 5.64. The highest BCUT2D eigenvalue weighted by atomic mass is 16.5. The summed E-state index contributed by atoms with van der Waals surface area (Å²) in [6, 6.07) is 16.5.